The van der Waals surface area contributed by atoms with E-state index in [1.165, 1.54) is 0 Å². The summed E-state index contributed by atoms with van der Waals surface area (Å²) in [5.41, 5.74) is 1.10. The molecule has 5 nitrogen and oxygen atoms in total. The molecule has 0 N–H and O–H groups in total. The zero-order chi connectivity index (χ0) is 13.7. The monoisotopic (exact) mass is 260 g/mol. The summed E-state index contributed by atoms with van der Waals surface area (Å²) in [4.78, 5) is 10.8. The highest BCUT2D eigenvalue weighted by Crippen LogP contribution is 2.10. The van der Waals surface area contributed by atoms with Gasteiger partial charge in [-0.05, 0) is 19.2 Å². The second kappa shape index (κ2) is 6.43. The van der Waals surface area contributed by atoms with Crippen molar-refractivity contribution >= 4 is 0 Å². The quantitative estimate of drug-likeness (QED) is 0.797. The van der Waals surface area contributed by atoms with Gasteiger partial charge in [0, 0.05) is 30.8 Å². The molecule has 2 rings (SSSR count). The molecule has 0 saturated carbocycles. The highest BCUT2D eigenvalue weighted by atomic mass is 16.5. The van der Waals surface area contributed by atoms with E-state index in [2.05, 4.69) is 33.9 Å². The molecule has 0 aromatic carbocycles. The molecule has 0 fully saturated rings. The molecule has 0 amide bonds. The van der Waals surface area contributed by atoms with Crippen LogP contribution >= 0.6 is 0 Å². The summed E-state index contributed by atoms with van der Waals surface area (Å²) >= 11 is 0. The number of likely N-dealkylation sites (N-methyl/N-ethyl adjacent to an activating group) is 1. The summed E-state index contributed by atoms with van der Waals surface area (Å²) < 4.78 is 5.23. The summed E-state index contributed by atoms with van der Waals surface area (Å²) in [7, 11) is 2.04. The molecule has 0 aliphatic heterocycles. The van der Waals surface area contributed by atoms with E-state index < -0.39 is 0 Å². The number of nitrogens with zero attached hydrogens (tertiary/aromatic N) is 4. The van der Waals surface area contributed by atoms with Crippen LogP contribution in [0.4, 0.5) is 0 Å². The molecular weight excluding hydrogens is 240 g/mol. The molecule has 0 aliphatic rings. The molecule has 5 heteroatoms. The van der Waals surface area contributed by atoms with Gasteiger partial charge in [-0.2, -0.15) is 4.98 Å². The van der Waals surface area contributed by atoms with E-state index in [4.69, 9.17) is 4.52 Å². The third-order valence-electron chi connectivity index (χ3n) is 2.88. The maximum absolute atomic E-state index is 5.23. The van der Waals surface area contributed by atoms with Gasteiger partial charge in [-0.15, -0.1) is 0 Å². The first-order valence-corrected chi connectivity index (χ1v) is 6.56. The zero-order valence-electron chi connectivity index (χ0n) is 11.7. The van der Waals surface area contributed by atoms with Crippen LogP contribution in [0.25, 0.3) is 0 Å². The number of pyridine rings is 1. The van der Waals surface area contributed by atoms with Gasteiger partial charge in [0.25, 0.3) is 0 Å². The molecule has 19 heavy (non-hydrogen) atoms. The molecule has 0 atom stereocenters. The van der Waals surface area contributed by atoms with Gasteiger partial charge in [-0.1, -0.05) is 25.1 Å². The van der Waals surface area contributed by atoms with Gasteiger partial charge in [0.2, 0.25) is 5.89 Å². The Morgan fingerprint density at radius 1 is 1.32 bits per heavy atom. The maximum Gasteiger partial charge on any atom is 0.240 e. The molecule has 0 aliphatic carbocycles. The SMILES string of the molecule is CC(C)c1noc(CN(C)CCc2ccccn2)n1. The number of hydrogen-bond acceptors (Lipinski definition) is 5. The first-order valence-electron chi connectivity index (χ1n) is 6.56. The number of aromatic nitrogens is 3. The van der Waals surface area contributed by atoms with Crippen molar-refractivity contribution in [2.45, 2.75) is 32.7 Å². The van der Waals surface area contributed by atoms with Crippen LogP contribution in [-0.2, 0) is 13.0 Å². The van der Waals surface area contributed by atoms with Crippen molar-refractivity contribution in [1.82, 2.24) is 20.0 Å². The van der Waals surface area contributed by atoms with Gasteiger partial charge < -0.3 is 4.52 Å². The predicted molar refractivity (Wildman–Crippen MR) is 72.7 cm³/mol. The standard InChI is InChI=1S/C14H20N4O/c1-11(2)14-16-13(19-17-14)10-18(3)9-7-12-6-4-5-8-15-12/h4-6,8,11H,7,9-10H2,1-3H3. The Morgan fingerprint density at radius 2 is 2.16 bits per heavy atom. The van der Waals surface area contributed by atoms with E-state index >= 15 is 0 Å². The summed E-state index contributed by atoms with van der Waals surface area (Å²) in [6, 6.07) is 5.98. The van der Waals surface area contributed by atoms with Crippen LogP contribution < -0.4 is 0 Å². The fourth-order valence-electron chi connectivity index (χ4n) is 1.73. The van der Waals surface area contributed by atoms with Crippen molar-refractivity contribution in [1.29, 1.82) is 0 Å². The molecule has 0 spiro atoms. The fourth-order valence-corrected chi connectivity index (χ4v) is 1.73. The van der Waals surface area contributed by atoms with Gasteiger partial charge in [-0.3, -0.25) is 9.88 Å². The molecule has 2 aromatic heterocycles. The highest BCUT2D eigenvalue weighted by Gasteiger charge is 2.11. The lowest BCUT2D eigenvalue weighted by atomic mass is 10.2. The van der Waals surface area contributed by atoms with Crippen LogP contribution in [0, 0.1) is 0 Å². The summed E-state index contributed by atoms with van der Waals surface area (Å²) in [5, 5.41) is 3.96. The van der Waals surface area contributed by atoms with Crippen LogP contribution in [0.1, 0.15) is 37.2 Å². The van der Waals surface area contributed by atoms with Gasteiger partial charge >= 0.3 is 0 Å². The van der Waals surface area contributed by atoms with Crippen molar-refractivity contribution in [2.24, 2.45) is 0 Å². The minimum absolute atomic E-state index is 0.302. The molecule has 0 radical (unpaired) electrons. The Balaban J connectivity index is 1.82. The van der Waals surface area contributed by atoms with Crippen LogP contribution in [0.2, 0.25) is 0 Å². The Bertz CT molecular complexity index is 495. The molecule has 2 aromatic rings. The third-order valence-corrected chi connectivity index (χ3v) is 2.88. The minimum atomic E-state index is 0.302. The van der Waals surface area contributed by atoms with E-state index in [9.17, 15) is 0 Å². The first-order chi connectivity index (χ1) is 9.15. The highest BCUT2D eigenvalue weighted by molar-refractivity contribution is 5.03. The van der Waals surface area contributed by atoms with Crippen molar-refractivity contribution < 1.29 is 4.52 Å². The largest absolute Gasteiger partial charge is 0.338 e. The van der Waals surface area contributed by atoms with E-state index in [0.29, 0.717) is 18.4 Å². The van der Waals surface area contributed by atoms with Gasteiger partial charge in [-0.25, -0.2) is 0 Å². The fraction of sp³-hybridized carbons (Fsp3) is 0.500. The van der Waals surface area contributed by atoms with Crippen LogP contribution in [0.15, 0.2) is 28.9 Å². The molecule has 0 bridgehead atoms. The van der Waals surface area contributed by atoms with Crippen molar-refractivity contribution in [3.8, 4) is 0 Å². The Kier molecular flexibility index (Phi) is 4.63. The Morgan fingerprint density at radius 3 is 2.79 bits per heavy atom. The third kappa shape index (κ3) is 4.13. The second-order valence-electron chi connectivity index (χ2n) is 5.01. The summed E-state index contributed by atoms with van der Waals surface area (Å²) in [6.07, 6.45) is 2.74. The van der Waals surface area contributed by atoms with E-state index in [1.54, 1.807) is 0 Å². The number of rotatable bonds is 6. The topological polar surface area (TPSA) is 55.1 Å². The van der Waals surface area contributed by atoms with Crippen molar-refractivity contribution in [3.05, 3.63) is 41.8 Å². The number of hydrogen-bond donors (Lipinski definition) is 0. The van der Waals surface area contributed by atoms with Crippen LogP contribution in [0.3, 0.4) is 0 Å². The van der Waals surface area contributed by atoms with Crippen LogP contribution in [0.5, 0.6) is 0 Å². The summed E-state index contributed by atoms with van der Waals surface area (Å²) in [5.74, 6) is 1.75. The lowest BCUT2D eigenvalue weighted by molar-refractivity contribution is 0.267. The van der Waals surface area contributed by atoms with Crippen LogP contribution in [-0.4, -0.2) is 33.6 Å². The van der Waals surface area contributed by atoms with E-state index in [1.807, 2.05) is 31.4 Å². The molecular formula is C14H20N4O. The molecule has 2 heterocycles. The van der Waals surface area contributed by atoms with Crippen molar-refractivity contribution in [3.63, 3.8) is 0 Å². The molecule has 102 valence electrons. The van der Waals surface area contributed by atoms with Gasteiger partial charge in [0.05, 0.1) is 6.54 Å². The summed E-state index contributed by atoms with van der Waals surface area (Å²) in [6.45, 7) is 5.70. The smallest absolute Gasteiger partial charge is 0.240 e. The predicted octanol–water partition coefficient (Wildman–Crippen LogP) is 2.26. The maximum atomic E-state index is 5.23. The minimum Gasteiger partial charge on any atom is -0.338 e. The second-order valence-corrected chi connectivity index (χ2v) is 5.01. The molecule has 0 saturated heterocycles. The lowest BCUT2D eigenvalue weighted by Crippen LogP contribution is -2.21. The Hall–Kier alpha value is -1.75. The Labute approximate surface area is 113 Å². The van der Waals surface area contributed by atoms with Crippen molar-refractivity contribution in [2.75, 3.05) is 13.6 Å². The normalized spacial score (nSPS) is 11.4. The first kappa shape index (κ1) is 13.7. The zero-order valence-corrected chi connectivity index (χ0v) is 11.7. The van der Waals surface area contributed by atoms with Gasteiger partial charge in [0.1, 0.15) is 0 Å². The lowest BCUT2D eigenvalue weighted by Gasteiger charge is -2.13. The average molecular weight is 260 g/mol. The van der Waals surface area contributed by atoms with E-state index in [0.717, 1.165) is 24.5 Å². The average Bonchev–Trinajstić information content (AvgIpc) is 2.86. The van der Waals surface area contributed by atoms with E-state index in [-0.39, 0.29) is 0 Å². The van der Waals surface area contributed by atoms with Gasteiger partial charge in [0.15, 0.2) is 5.82 Å². The molecule has 0 unspecified atom stereocenters.